The molecule has 0 aromatic heterocycles. The zero-order valence-electron chi connectivity index (χ0n) is 10.9. The Morgan fingerprint density at radius 2 is 1.57 bits per heavy atom. The van der Waals surface area contributed by atoms with Gasteiger partial charge in [-0.3, -0.25) is 0 Å². The Morgan fingerprint density at radius 3 is 2.33 bits per heavy atom. The summed E-state index contributed by atoms with van der Waals surface area (Å²) in [6, 6.07) is 14.3. The molecule has 0 aliphatic carbocycles. The van der Waals surface area contributed by atoms with E-state index in [1.165, 1.54) is 12.3 Å². The normalized spacial score (nSPS) is 11.3. The molecular weight excluding hydrogens is 272 g/mol. The Morgan fingerprint density at radius 1 is 0.857 bits per heavy atom. The van der Waals surface area contributed by atoms with Crippen molar-refractivity contribution in [3.8, 4) is 5.75 Å². The predicted octanol–water partition coefficient (Wildman–Crippen LogP) is 4.57. The maximum atomic E-state index is 13.5. The van der Waals surface area contributed by atoms with E-state index in [9.17, 15) is 13.9 Å². The largest absolute Gasteiger partial charge is 0.507 e. The molecule has 0 amide bonds. The van der Waals surface area contributed by atoms with Gasteiger partial charge in [-0.05, 0) is 23.6 Å². The van der Waals surface area contributed by atoms with E-state index < -0.39 is 11.6 Å². The molecule has 0 unspecified atom stereocenters. The van der Waals surface area contributed by atoms with Crippen LogP contribution in [0.2, 0.25) is 0 Å². The standard InChI is InChI=1S/C17H11F2NO/c18-14-6-3-7-15(19)16(14)20-10-12-9-8-11-4-1-2-5-13(11)17(12)21/h1-10,21H. The molecule has 0 aliphatic rings. The maximum absolute atomic E-state index is 13.5. The lowest BCUT2D eigenvalue weighted by molar-refractivity contribution is 0.481. The highest BCUT2D eigenvalue weighted by atomic mass is 19.1. The summed E-state index contributed by atoms with van der Waals surface area (Å²) in [5, 5.41) is 11.7. The van der Waals surface area contributed by atoms with Crippen LogP contribution >= 0.6 is 0 Å². The van der Waals surface area contributed by atoms with E-state index >= 15 is 0 Å². The van der Waals surface area contributed by atoms with Crippen molar-refractivity contribution in [3.63, 3.8) is 0 Å². The molecule has 0 saturated carbocycles. The lowest BCUT2D eigenvalue weighted by atomic mass is 10.1. The molecule has 0 aliphatic heterocycles. The molecule has 0 spiro atoms. The summed E-state index contributed by atoms with van der Waals surface area (Å²) < 4.78 is 27.0. The minimum absolute atomic E-state index is 0.0357. The monoisotopic (exact) mass is 283 g/mol. The van der Waals surface area contributed by atoms with Crippen LogP contribution in [0.5, 0.6) is 5.75 Å². The second-order valence-corrected chi connectivity index (χ2v) is 4.55. The Bertz CT molecular complexity index is 823. The Labute approximate surface area is 120 Å². The number of nitrogens with zero attached hydrogens (tertiary/aromatic N) is 1. The first-order valence-corrected chi connectivity index (χ1v) is 6.35. The lowest BCUT2D eigenvalue weighted by Gasteiger charge is -2.04. The van der Waals surface area contributed by atoms with Crippen molar-refractivity contribution in [1.29, 1.82) is 0 Å². The SMILES string of the molecule is Oc1c(C=Nc2c(F)cccc2F)ccc2ccccc12. The zero-order valence-corrected chi connectivity index (χ0v) is 10.9. The van der Waals surface area contributed by atoms with Gasteiger partial charge < -0.3 is 5.11 Å². The van der Waals surface area contributed by atoms with E-state index in [2.05, 4.69) is 4.99 Å². The molecule has 0 bridgehead atoms. The van der Waals surface area contributed by atoms with Crippen LogP contribution in [0.15, 0.2) is 59.6 Å². The summed E-state index contributed by atoms with van der Waals surface area (Å²) in [4.78, 5) is 3.81. The molecule has 3 rings (SSSR count). The van der Waals surface area contributed by atoms with Crippen molar-refractivity contribution in [1.82, 2.24) is 0 Å². The third kappa shape index (κ3) is 2.48. The van der Waals surface area contributed by atoms with Gasteiger partial charge in [0.2, 0.25) is 0 Å². The number of hydrogen-bond donors (Lipinski definition) is 1. The van der Waals surface area contributed by atoms with Crippen LogP contribution in [0.25, 0.3) is 10.8 Å². The van der Waals surface area contributed by atoms with Gasteiger partial charge in [-0.1, -0.05) is 36.4 Å². The first-order valence-electron chi connectivity index (χ1n) is 6.35. The molecule has 0 atom stereocenters. The van der Waals surface area contributed by atoms with E-state index in [0.29, 0.717) is 10.9 Å². The molecule has 2 nitrogen and oxygen atoms in total. The summed E-state index contributed by atoms with van der Waals surface area (Å²) in [6.07, 6.45) is 1.25. The van der Waals surface area contributed by atoms with E-state index in [1.807, 2.05) is 18.2 Å². The molecule has 0 saturated heterocycles. The number of halogens is 2. The first-order chi connectivity index (χ1) is 10.2. The minimum atomic E-state index is -0.744. The highest BCUT2D eigenvalue weighted by Crippen LogP contribution is 2.28. The van der Waals surface area contributed by atoms with Crippen molar-refractivity contribution in [2.45, 2.75) is 0 Å². The maximum Gasteiger partial charge on any atom is 0.151 e. The number of aromatic hydroxyl groups is 1. The molecule has 0 radical (unpaired) electrons. The summed E-state index contributed by atoms with van der Waals surface area (Å²) in [5.74, 6) is -1.45. The number of aliphatic imine (C=N–C) groups is 1. The van der Waals surface area contributed by atoms with Crippen LogP contribution in [0.4, 0.5) is 14.5 Å². The van der Waals surface area contributed by atoms with Crippen LogP contribution in [0.1, 0.15) is 5.56 Å². The number of phenolic OH excluding ortho intramolecular Hbond substituents is 1. The van der Waals surface area contributed by atoms with E-state index in [4.69, 9.17) is 0 Å². The highest BCUT2D eigenvalue weighted by Gasteiger charge is 2.07. The Balaban J connectivity index is 2.06. The van der Waals surface area contributed by atoms with Crippen molar-refractivity contribution in [2.24, 2.45) is 4.99 Å². The second kappa shape index (κ2) is 5.32. The molecule has 0 fully saturated rings. The third-order valence-electron chi connectivity index (χ3n) is 3.20. The fraction of sp³-hybridized carbons (Fsp3) is 0. The molecule has 3 aromatic carbocycles. The quantitative estimate of drug-likeness (QED) is 0.686. The summed E-state index contributed by atoms with van der Waals surface area (Å²) in [5.41, 5.74) is 0.0291. The van der Waals surface area contributed by atoms with E-state index in [1.54, 1.807) is 18.2 Å². The fourth-order valence-corrected chi connectivity index (χ4v) is 2.12. The number of fused-ring (bicyclic) bond motifs is 1. The first kappa shape index (κ1) is 13.2. The minimum Gasteiger partial charge on any atom is -0.507 e. The van der Waals surface area contributed by atoms with Gasteiger partial charge >= 0.3 is 0 Å². The van der Waals surface area contributed by atoms with Crippen LogP contribution < -0.4 is 0 Å². The fourth-order valence-electron chi connectivity index (χ4n) is 2.12. The molecule has 1 N–H and O–H groups in total. The van der Waals surface area contributed by atoms with Gasteiger partial charge in [0.1, 0.15) is 11.4 Å². The number of para-hydroxylation sites is 1. The van der Waals surface area contributed by atoms with Gasteiger partial charge in [-0.2, -0.15) is 0 Å². The van der Waals surface area contributed by atoms with Crippen LogP contribution in [0.3, 0.4) is 0 Å². The molecule has 3 aromatic rings. The van der Waals surface area contributed by atoms with Crippen molar-refractivity contribution in [2.75, 3.05) is 0 Å². The zero-order chi connectivity index (χ0) is 14.8. The summed E-state index contributed by atoms with van der Waals surface area (Å²) >= 11 is 0. The molecule has 104 valence electrons. The van der Waals surface area contributed by atoms with Gasteiger partial charge in [0, 0.05) is 17.2 Å². The van der Waals surface area contributed by atoms with Crippen LogP contribution in [-0.2, 0) is 0 Å². The molecule has 4 heteroatoms. The number of phenols is 1. The number of benzene rings is 3. The topological polar surface area (TPSA) is 32.6 Å². The van der Waals surface area contributed by atoms with Crippen LogP contribution in [0, 0.1) is 11.6 Å². The van der Waals surface area contributed by atoms with Gasteiger partial charge in [-0.15, -0.1) is 0 Å². The third-order valence-corrected chi connectivity index (χ3v) is 3.20. The van der Waals surface area contributed by atoms with Gasteiger partial charge in [-0.25, -0.2) is 13.8 Å². The van der Waals surface area contributed by atoms with E-state index in [-0.39, 0.29) is 11.4 Å². The highest BCUT2D eigenvalue weighted by molar-refractivity contribution is 5.97. The van der Waals surface area contributed by atoms with Gasteiger partial charge in [0.05, 0.1) is 0 Å². The van der Waals surface area contributed by atoms with Crippen molar-refractivity contribution >= 4 is 22.7 Å². The lowest BCUT2D eigenvalue weighted by Crippen LogP contribution is -1.86. The average molecular weight is 283 g/mol. The molecule has 21 heavy (non-hydrogen) atoms. The Kier molecular flexibility index (Phi) is 3.36. The van der Waals surface area contributed by atoms with Crippen molar-refractivity contribution < 1.29 is 13.9 Å². The summed E-state index contributed by atoms with van der Waals surface area (Å²) in [6.45, 7) is 0. The number of rotatable bonds is 2. The van der Waals surface area contributed by atoms with E-state index in [0.717, 1.165) is 17.5 Å². The van der Waals surface area contributed by atoms with Gasteiger partial charge in [0.25, 0.3) is 0 Å². The van der Waals surface area contributed by atoms with Crippen LogP contribution in [-0.4, -0.2) is 11.3 Å². The summed E-state index contributed by atoms with van der Waals surface area (Å²) in [7, 11) is 0. The van der Waals surface area contributed by atoms with Crippen molar-refractivity contribution in [3.05, 3.63) is 71.8 Å². The second-order valence-electron chi connectivity index (χ2n) is 4.55. The Hall–Kier alpha value is -2.75. The molecular formula is C17H11F2NO. The smallest absolute Gasteiger partial charge is 0.151 e. The number of hydrogen-bond acceptors (Lipinski definition) is 2. The molecule has 0 heterocycles. The van der Waals surface area contributed by atoms with Gasteiger partial charge in [0.15, 0.2) is 11.6 Å². The predicted molar refractivity (Wildman–Crippen MR) is 79.2 cm³/mol. The average Bonchev–Trinajstić information content (AvgIpc) is 2.49.